The maximum Gasteiger partial charge on any atom is 0.274 e. The van der Waals surface area contributed by atoms with Gasteiger partial charge in [-0.05, 0) is 19.1 Å². The third kappa shape index (κ3) is 3.63. The summed E-state index contributed by atoms with van der Waals surface area (Å²) in [7, 11) is 1.75. The maximum atomic E-state index is 12.7. The Kier molecular flexibility index (Phi) is 5.11. The van der Waals surface area contributed by atoms with Gasteiger partial charge in [-0.2, -0.15) is 5.10 Å². The molecule has 0 saturated carbocycles. The van der Waals surface area contributed by atoms with Crippen LogP contribution in [0.3, 0.4) is 0 Å². The molecule has 3 aromatic heterocycles. The molecule has 0 fully saturated rings. The lowest BCUT2D eigenvalue weighted by atomic mass is 10.2. The first-order chi connectivity index (χ1) is 12.5. The highest BCUT2D eigenvalue weighted by atomic mass is 16.2. The van der Waals surface area contributed by atoms with E-state index in [4.69, 9.17) is 0 Å². The van der Waals surface area contributed by atoms with Crippen molar-refractivity contribution in [3.05, 3.63) is 60.0 Å². The van der Waals surface area contributed by atoms with Gasteiger partial charge in [0.25, 0.3) is 5.91 Å². The van der Waals surface area contributed by atoms with E-state index in [1.54, 1.807) is 36.5 Å². The van der Waals surface area contributed by atoms with Gasteiger partial charge in [-0.3, -0.25) is 9.89 Å². The van der Waals surface area contributed by atoms with Crippen molar-refractivity contribution in [3.63, 3.8) is 0 Å². The third-order valence-corrected chi connectivity index (χ3v) is 4.39. The predicted octanol–water partition coefficient (Wildman–Crippen LogP) is 2.40. The summed E-state index contributed by atoms with van der Waals surface area (Å²) < 4.78 is 2.06. The fourth-order valence-corrected chi connectivity index (χ4v) is 2.79. The number of carbonyl (C=O) groups excluding carboxylic acids is 1. The van der Waals surface area contributed by atoms with Crippen molar-refractivity contribution in [1.29, 1.82) is 0 Å². The molecule has 0 spiro atoms. The lowest BCUT2D eigenvalue weighted by Gasteiger charge is -2.23. The number of carbonyl (C=O) groups is 1. The van der Waals surface area contributed by atoms with Crippen LogP contribution >= 0.6 is 0 Å². The van der Waals surface area contributed by atoms with Crippen LogP contribution in [0.1, 0.15) is 60.4 Å². The van der Waals surface area contributed by atoms with Crippen LogP contribution in [0, 0.1) is 0 Å². The second kappa shape index (κ2) is 7.47. The molecule has 0 aliphatic carbocycles. The Labute approximate surface area is 152 Å². The summed E-state index contributed by atoms with van der Waals surface area (Å²) >= 11 is 0. The SMILES string of the molecule is CC(C)c1nccn1Cc1cc(C(=O)N(C)[C@H](C)c2ccncn2)n[nH]1. The Bertz CT molecular complexity index is 869. The van der Waals surface area contributed by atoms with Crippen LogP contribution in [-0.4, -0.2) is 47.6 Å². The molecule has 0 bridgehead atoms. The van der Waals surface area contributed by atoms with Crippen LogP contribution in [0.25, 0.3) is 0 Å². The van der Waals surface area contributed by atoms with E-state index in [2.05, 4.69) is 43.6 Å². The molecular formula is C18H23N7O. The Morgan fingerprint density at radius 3 is 2.77 bits per heavy atom. The summed E-state index contributed by atoms with van der Waals surface area (Å²) in [6.45, 7) is 6.72. The zero-order valence-electron chi connectivity index (χ0n) is 15.4. The molecule has 1 atom stereocenters. The average Bonchev–Trinajstić information content (AvgIpc) is 3.30. The normalized spacial score (nSPS) is 12.3. The molecule has 8 nitrogen and oxygen atoms in total. The van der Waals surface area contributed by atoms with Crippen molar-refractivity contribution >= 4 is 5.91 Å². The second-order valence-corrected chi connectivity index (χ2v) is 6.57. The minimum absolute atomic E-state index is 0.159. The van der Waals surface area contributed by atoms with Crippen molar-refractivity contribution < 1.29 is 4.79 Å². The first-order valence-electron chi connectivity index (χ1n) is 8.55. The van der Waals surface area contributed by atoms with Gasteiger partial charge in [0.2, 0.25) is 0 Å². The van der Waals surface area contributed by atoms with Gasteiger partial charge in [0, 0.05) is 31.6 Å². The summed E-state index contributed by atoms with van der Waals surface area (Å²) in [6.07, 6.45) is 6.87. The average molecular weight is 353 g/mol. The quantitative estimate of drug-likeness (QED) is 0.734. The third-order valence-electron chi connectivity index (χ3n) is 4.39. The summed E-state index contributed by atoms with van der Waals surface area (Å²) in [4.78, 5) is 26.9. The van der Waals surface area contributed by atoms with Crippen molar-refractivity contribution in [2.75, 3.05) is 7.05 Å². The van der Waals surface area contributed by atoms with E-state index in [1.165, 1.54) is 6.33 Å². The number of aromatic nitrogens is 6. The molecule has 0 radical (unpaired) electrons. The van der Waals surface area contributed by atoms with Crippen LogP contribution in [0.15, 0.2) is 37.1 Å². The van der Waals surface area contributed by atoms with Crippen molar-refractivity contribution in [3.8, 4) is 0 Å². The molecule has 0 saturated heterocycles. The molecule has 0 aliphatic heterocycles. The summed E-state index contributed by atoms with van der Waals surface area (Å²) in [5.74, 6) is 1.17. The number of aromatic amines is 1. The first-order valence-corrected chi connectivity index (χ1v) is 8.55. The monoisotopic (exact) mass is 353 g/mol. The highest BCUT2D eigenvalue weighted by Crippen LogP contribution is 2.18. The van der Waals surface area contributed by atoms with Crippen LogP contribution in [0.4, 0.5) is 0 Å². The Morgan fingerprint density at radius 2 is 2.08 bits per heavy atom. The summed E-state index contributed by atoms with van der Waals surface area (Å²) in [6, 6.07) is 3.42. The molecule has 0 aliphatic rings. The van der Waals surface area contributed by atoms with Gasteiger partial charge in [0.1, 0.15) is 17.8 Å². The van der Waals surface area contributed by atoms with Gasteiger partial charge in [-0.25, -0.2) is 15.0 Å². The molecule has 1 N–H and O–H groups in total. The predicted molar refractivity (Wildman–Crippen MR) is 96.5 cm³/mol. The number of H-pyrrole nitrogens is 1. The van der Waals surface area contributed by atoms with E-state index in [9.17, 15) is 4.79 Å². The largest absolute Gasteiger partial charge is 0.332 e. The van der Waals surface area contributed by atoms with Gasteiger partial charge >= 0.3 is 0 Å². The zero-order valence-corrected chi connectivity index (χ0v) is 15.4. The minimum atomic E-state index is -0.174. The summed E-state index contributed by atoms with van der Waals surface area (Å²) in [5, 5.41) is 7.14. The second-order valence-electron chi connectivity index (χ2n) is 6.57. The van der Waals surface area contributed by atoms with Gasteiger partial charge in [-0.15, -0.1) is 0 Å². The molecule has 3 rings (SSSR count). The van der Waals surface area contributed by atoms with E-state index < -0.39 is 0 Å². The topological polar surface area (TPSA) is 92.6 Å². The maximum absolute atomic E-state index is 12.7. The highest BCUT2D eigenvalue weighted by Gasteiger charge is 2.22. The van der Waals surface area contributed by atoms with E-state index in [1.807, 2.05) is 13.1 Å². The van der Waals surface area contributed by atoms with Crippen LogP contribution in [-0.2, 0) is 6.54 Å². The molecule has 3 aromatic rings. The smallest absolute Gasteiger partial charge is 0.274 e. The fourth-order valence-electron chi connectivity index (χ4n) is 2.79. The molecular weight excluding hydrogens is 330 g/mol. The van der Waals surface area contributed by atoms with Crippen LogP contribution in [0.2, 0.25) is 0 Å². The molecule has 0 unspecified atom stereocenters. The number of nitrogens with zero attached hydrogens (tertiary/aromatic N) is 6. The van der Waals surface area contributed by atoms with Gasteiger partial charge in [0.05, 0.1) is 24.0 Å². The number of nitrogens with one attached hydrogen (secondary N) is 1. The molecule has 8 heteroatoms. The Hall–Kier alpha value is -3.03. The van der Waals surface area contributed by atoms with E-state index in [0.29, 0.717) is 18.2 Å². The van der Waals surface area contributed by atoms with Crippen LogP contribution < -0.4 is 0 Å². The Morgan fingerprint density at radius 1 is 1.27 bits per heavy atom. The van der Waals surface area contributed by atoms with E-state index in [-0.39, 0.29) is 11.9 Å². The highest BCUT2D eigenvalue weighted by molar-refractivity contribution is 5.92. The van der Waals surface area contributed by atoms with Crippen molar-refractivity contribution in [1.82, 2.24) is 34.6 Å². The molecule has 3 heterocycles. The van der Waals surface area contributed by atoms with Crippen molar-refractivity contribution in [2.24, 2.45) is 0 Å². The lowest BCUT2D eigenvalue weighted by molar-refractivity contribution is 0.0733. The number of rotatable bonds is 6. The standard InChI is InChI=1S/C18H23N7O/c1-12(2)17-20-7-8-25(17)10-14-9-16(23-22-14)18(26)24(4)13(3)15-5-6-19-11-21-15/h5-9,11-13H,10H2,1-4H3,(H,22,23)/t13-/m1/s1. The van der Waals surface area contributed by atoms with Crippen LogP contribution in [0.5, 0.6) is 0 Å². The van der Waals surface area contributed by atoms with Crippen molar-refractivity contribution in [2.45, 2.75) is 39.3 Å². The Balaban J connectivity index is 1.72. The van der Waals surface area contributed by atoms with Gasteiger partial charge in [0.15, 0.2) is 0 Å². The number of amides is 1. The minimum Gasteiger partial charge on any atom is -0.332 e. The van der Waals surface area contributed by atoms with Gasteiger partial charge < -0.3 is 9.47 Å². The van der Waals surface area contributed by atoms with E-state index in [0.717, 1.165) is 17.2 Å². The number of hydrogen-bond donors (Lipinski definition) is 1. The molecule has 1 amide bonds. The number of hydrogen-bond acceptors (Lipinski definition) is 5. The molecule has 136 valence electrons. The molecule has 0 aromatic carbocycles. The first kappa shape index (κ1) is 17.8. The summed E-state index contributed by atoms with van der Waals surface area (Å²) in [5.41, 5.74) is 2.03. The molecule has 26 heavy (non-hydrogen) atoms. The van der Waals surface area contributed by atoms with Gasteiger partial charge in [-0.1, -0.05) is 13.8 Å². The zero-order chi connectivity index (χ0) is 18.7. The fraction of sp³-hybridized carbons (Fsp3) is 0.389. The van der Waals surface area contributed by atoms with E-state index >= 15 is 0 Å². The number of imidazole rings is 1. The lowest BCUT2D eigenvalue weighted by Crippen LogP contribution is -2.30.